The Morgan fingerprint density at radius 1 is 1.11 bits per heavy atom. The lowest BCUT2D eigenvalue weighted by molar-refractivity contribution is -0.274. The fraction of sp³-hybridized carbons (Fsp3) is 0.208. The van der Waals surface area contributed by atoms with E-state index in [0.29, 0.717) is 46.6 Å². The molecule has 0 fully saturated rings. The van der Waals surface area contributed by atoms with Gasteiger partial charge in [-0.3, -0.25) is 14.6 Å². The van der Waals surface area contributed by atoms with Gasteiger partial charge in [-0.2, -0.15) is 4.99 Å². The van der Waals surface area contributed by atoms with Crippen LogP contribution < -0.4 is 14.9 Å². The third kappa shape index (κ3) is 6.33. The second-order valence-electron chi connectivity index (χ2n) is 7.62. The van der Waals surface area contributed by atoms with Gasteiger partial charge >= 0.3 is 6.36 Å². The molecule has 12 heteroatoms. The lowest BCUT2D eigenvalue weighted by Gasteiger charge is -2.11. The monoisotopic (exact) mass is 515 g/mol. The highest BCUT2D eigenvalue weighted by molar-refractivity contribution is 7.07. The van der Waals surface area contributed by atoms with Gasteiger partial charge in [-0.25, -0.2) is 4.98 Å². The van der Waals surface area contributed by atoms with E-state index in [1.165, 1.54) is 48.7 Å². The number of halogens is 3. The number of thiazole rings is 1. The first-order valence-corrected chi connectivity index (χ1v) is 11.7. The smallest absolute Gasteiger partial charge is 0.406 e. The maximum Gasteiger partial charge on any atom is 0.573 e. The fourth-order valence-corrected chi connectivity index (χ4v) is 4.33. The highest BCUT2D eigenvalue weighted by Crippen LogP contribution is 2.27. The molecule has 0 bridgehead atoms. The molecule has 1 N–H and O–H groups in total. The number of amides is 2. The summed E-state index contributed by atoms with van der Waals surface area (Å²) < 4.78 is 43.2. The van der Waals surface area contributed by atoms with Crippen molar-refractivity contribution in [3.8, 4) is 17.0 Å². The number of ether oxygens (including phenoxy) is 1. The first kappa shape index (κ1) is 25.0. The van der Waals surface area contributed by atoms with Crippen LogP contribution >= 0.6 is 11.3 Å². The zero-order chi connectivity index (χ0) is 25.7. The average molecular weight is 516 g/mol. The number of rotatable bonds is 7. The molecule has 0 spiro atoms. The first-order valence-electron chi connectivity index (χ1n) is 10.8. The molecule has 0 saturated heterocycles. The molecule has 0 unspecified atom stereocenters. The molecule has 4 rings (SSSR count). The maximum atomic E-state index is 12.9. The van der Waals surface area contributed by atoms with Crippen LogP contribution in [0.2, 0.25) is 0 Å². The van der Waals surface area contributed by atoms with Gasteiger partial charge in [0.25, 0.3) is 5.91 Å². The molecule has 0 aliphatic heterocycles. The Hall–Kier alpha value is -4.06. The second kappa shape index (κ2) is 10.7. The molecule has 0 atom stereocenters. The van der Waals surface area contributed by atoms with Crippen molar-refractivity contribution in [3.05, 3.63) is 70.6 Å². The minimum absolute atomic E-state index is 0.0853. The number of alkyl halides is 3. The Labute approximate surface area is 207 Å². The lowest BCUT2D eigenvalue weighted by atomic mass is 10.1. The molecule has 8 nitrogen and oxygen atoms in total. The summed E-state index contributed by atoms with van der Waals surface area (Å²) in [4.78, 5) is 37.3. The van der Waals surface area contributed by atoms with Crippen LogP contribution in [0.25, 0.3) is 22.3 Å². The summed E-state index contributed by atoms with van der Waals surface area (Å²) in [6.45, 7) is 2.21. The summed E-state index contributed by atoms with van der Waals surface area (Å²) in [5.41, 5.74) is 2.56. The minimum Gasteiger partial charge on any atom is -0.406 e. The normalized spacial score (nSPS) is 12.1. The quantitative estimate of drug-likeness (QED) is 0.370. The van der Waals surface area contributed by atoms with Gasteiger partial charge < -0.3 is 14.6 Å². The zero-order valence-corrected chi connectivity index (χ0v) is 19.8. The van der Waals surface area contributed by atoms with Gasteiger partial charge in [-0.05, 0) is 48.4 Å². The van der Waals surface area contributed by atoms with E-state index in [1.54, 1.807) is 28.1 Å². The number of fused-ring (bicyclic) bond motifs is 1. The van der Waals surface area contributed by atoms with E-state index in [-0.39, 0.29) is 17.4 Å². The predicted molar refractivity (Wildman–Crippen MR) is 127 cm³/mol. The van der Waals surface area contributed by atoms with Crippen LogP contribution in [0, 0.1) is 0 Å². The largest absolute Gasteiger partial charge is 0.573 e. The number of aromatic nitrogens is 3. The predicted octanol–water partition coefficient (Wildman–Crippen LogP) is 4.33. The van der Waals surface area contributed by atoms with Crippen molar-refractivity contribution in [1.82, 2.24) is 19.9 Å². The molecule has 2 aromatic heterocycles. The molecule has 0 aliphatic carbocycles. The summed E-state index contributed by atoms with van der Waals surface area (Å²) in [6, 6.07) is 12.6. The van der Waals surface area contributed by atoms with Crippen LogP contribution in [0.3, 0.4) is 0 Å². The molecule has 4 aromatic rings. The molecule has 186 valence electrons. The van der Waals surface area contributed by atoms with E-state index in [2.05, 4.69) is 25.0 Å². The summed E-state index contributed by atoms with van der Waals surface area (Å²) in [6.07, 6.45) is -2.88. The van der Waals surface area contributed by atoms with Crippen molar-refractivity contribution < 1.29 is 27.5 Å². The first-order chi connectivity index (χ1) is 17.2. The number of nitrogens with zero attached hydrogens (tertiary/aromatic N) is 4. The van der Waals surface area contributed by atoms with Gasteiger partial charge in [0.15, 0.2) is 4.80 Å². The topological polar surface area (TPSA) is 98.5 Å². The van der Waals surface area contributed by atoms with Crippen LogP contribution in [0.5, 0.6) is 5.75 Å². The highest BCUT2D eigenvalue weighted by atomic mass is 32.1. The third-order valence-corrected chi connectivity index (χ3v) is 5.84. The summed E-state index contributed by atoms with van der Waals surface area (Å²) >= 11 is 1.20. The molecular formula is C24H20F3N5O3S. The van der Waals surface area contributed by atoms with Crippen molar-refractivity contribution in [1.29, 1.82) is 0 Å². The summed E-state index contributed by atoms with van der Waals surface area (Å²) in [7, 11) is 0. The third-order valence-electron chi connectivity index (χ3n) is 4.98. The molecular weight excluding hydrogens is 495 g/mol. The van der Waals surface area contributed by atoms with Gasteiger partial charge in [0, 0.05) is 25.4 Å². The molecule has 0 aliphatic rings. The average Bonchev–Trinajstić information content (AvgIpc) is 3.23. The minimum atomic E-state index is -4.79. The van der Waals surface area contributed by atoms with Crippen LogP contribution in [-0.2, 0) is 11.3 Å². The van der Waals surface area contributed by atoms with Crippen molar-refractivity contribution in [2.24, 2.45) is 4.99 Å². The number of carbonyl (C=O) groups excluding carboxylic acids is 2. The Morgan fingerprint density at radius 2 is 1.83 bits per heavy atom. The number of carbonyl (C=O) groups is 2. The fourth-order valence-electron chi connectivity index (χ4n) is 3.40. The summed E-state index contributed by atoms with van der Waals surface area (Å²) in [5.74, 6) is -1.08. The van der Waals surface area contributed by atoms with Gasteiger partial charge in [0.2, 0.25) is 5.91 Å². The molecule has 2 heterocycles. The molecule has 2 aromatic carbocycles. The van der Waals surface area contributed by atoms with Crippen LogP contribution in [-0.4, -0.2) is 39.3 Å². The standard InChI is InChI=1S/C24H20F3N5O3S/c1-15(33)28-11-4-12-32-21(16-7-9-17(10-8-16)35-24(25,26)27)14-36-23(32)31-22(34)20-13-29-18-5-2-3-6-19(18)30-20/h2-3,5-10,13-14H,4,11-12H2,1H3,(H,28,33)/b31-23-. The van der Waals surface area contributed by atoms with Crippen molar-refractivity contribution in [3.63, 3.8) is 0 Å². The Kier molecular flexibility index (Phi) is 7.44. The Balaban J connectivity index is 1.66. The van der Waals surface area contributed by atoms with Gasteiger partial charge in [-0.1, -0.05) is 12.1 Å². The van der Waals surface area contributed by atoms with Gasteiger partial charge in [0.05, 0.1) is 22.9 Å². The van der Waals surface area contributed by atoms with Crippen LogP contribution in [0.15, 0.2) is 65.1 Å². The van der Waals surface area contributed by atoms with E-state index in [9.17, 15) is 22.8 Å². The van der Waals surface area contributed by atoms with Crippen LogP contribution in [0.4, 0.5) is 13.2 Å². The van der Waals surface area contributed by atoms with Gasteiger partial charge in [0.1, 0.15) is 11.4 Å². The molecule has 0 radical (unpaired) electrons. The van der Waals surface area contributed by atoms with E-state index in [0.717, 1.165) is 0 Å². The molecule has 0 saturated carbocycles. The number of para-hydroxylation sites is 2. The van der Waals surface area contributed by atoms with Crippen molar-refractivity contribution in [2.75, 3.05) is 6.54 Å². The van der Waals surface area contributed by atoms with E-state index >= 15 is 0 Å². The number of benzene rings is 2. The Bertz CT molecular complexity index is 1460. The number of hydrogen-bond acceptors (Lipinski definition) is 6. The van der Waals surface area contributed by atoms with Crippen LogP contribution in [0.1, 0.15) is 23.8 Å². The van der Waals surface area contributed by atoms with Crippen molar-refractivity contribution in [2.45, 2.75) is 26.3 Å². The number of nitrogens with one attached hydrogen (secondary N) is 1. The summed E-state index contributed by atoms with van der Waals surface area (Å²) in [5, 5.41) is 4.47. The van der Waals surface area contributed by atoms with E-state index in [1.807, 2.05) is 6.07 Å². The lowest BCUT2D eigenvalue weighted by Crippen LogP contribution is -2.24. The maximum absolute atomic E-state index is 12.9. The SMILES string of the molecule is CC(=O)NCCCn1c(-c2ccc(OC(F)(F)F)cc2)cs/c1=N\C(=O)c1cnc2ccccc2n1. The van der Waals surface area contributed by atoms with Gasteiger partial charge in [-0.15, -0.1) is 24.5 Å². The Morgan fingerprint density at radius 3 is 2.53 bits per heavy atom. The zero-order valence-electron chi connectivity index (χ0n) is 19.0. The number of hydrogen-bond donors (Lipinski definition) is 1. The van der Waals surface area contributed by atoms with E-state index < -0.39 is 12.3 Å². The highest BCUT2D eigenvalue weighted by Gasteiger charge is 2.31. The van der Waals surface area contributed by atoms with E-state index in [4.69, 9.17) is 0 Å². The molecule has 36 heavy (non-hydrogen) atoms. The molecule has 2 amide bonds. The van der Waals surface area contributed by atoms with Crippen molar-refractivity contribution >= 4 is 34.2 Å². The second-order valence-corrected chi connectivity index (χ2v) is 8.46.